The first-order valence-corrected chi connectivity index (χ1v) is 6.10. The van der Waals surface area contributed by atoms with Gasteiger partial charge in [-0.15, -0.1) is 0 Å². The van der Waals surface area contributed by atoms with E-state index in [0.717, 1.165) is 16.8 Å². The van der Waals surface area contributed by atoms with Crippen molar-refractivity contribution in [3.63, 3.8) is 0 Å². The third-order valence-corrected chi connectivity index (χ3v) is 3.09. The fourth-order valence-electron chi connectivity index (χ4n) is 1.84. The van der Waals surface area contributed by atoms with E-state index in [-0.39, 0.29) is 11.4 Å². The molecule has 0 amide bonds. The normalized spacial score (nSPS) is 10.7. The van der Waals surface area contributed by atoms with Crippen molar-refractivity contribution in [1.82, 2.24) is 20.1 Å². The van der Waals surface area contributed by atoms with Crippen LogP contribution in [-0.4, -0.2) is 20.1 Å². The second kappa shape index (κ2) is 4.73. The zero-order valence-corrected chi connectivity index (χ0v) is 11.0. The first-order chi connectivity index (χ1) is 9.65. The van der Waals surface area contributed by atoms with Gasteiger partial charge in [-0.1, -0.05) is 5.16 Å². The zero-order valence-electron chi connectivity index (χ0n) is 11.0. The van der Waals surface area contributed by atoms with Gasteiger partial charge in [0.2, 0.25) is 5.82 Å². The molecule has 0 atom stereocenters. The molecule has 0 aliphatic heterocycles. The molecule has 0 spiro atoms. The summed E-state index contributed by atoms with van der Waals surface area (Å²) in [4.78, 5) is 22.9. The van der Waals surface area contributed by atoms with Crippen LogP contribution in [0, 0.1) is 13.8 Å². The molecule has 20 heavy (non-hydrogen) atoms. The standard InChI is InChI=1S/C14H12N4O2/c1-8-7-11(13(19)16-9(8)2)14-17-12(18-20-14)10-3-5-15-6-4-10/h3-7H,1-2H3,(H,16,19). The highest BCUT2D eigenvalue weighted by atomic mass is 16.5. The Morgan fingerprint density at radius 3 is 2.70 bits per heavy atom. The van der Waals surface area contributed by atoms with Crippen molar-refractivity contribution in [2.24, 2.45) is 0 Å². The summed E-state index contributed by atoms with van der Waals surface area (Å²) >= 11 is 0. The van der Waals surface area contributed by atoms with Crippen LogP contribution in [0.25, 0.3) is 22.8 Å². The molecular formula is C14H12N4O2. The molecule has 0 aliphatic carbocycles. The number of rotatable bonds is 2. The highest BCUT2D eigenvalue weighted by molar-refractivity contribution is 5.59. The molecule has 3 heterocycles. The molecule has 0 bridgehead atoms. The number of pyridine rings is 2. The summed E-state index contributed by atoms with van der Waals surface area (Å²) in [5, 5.41) is 3.89. The smallest absolute Gasteiger partial charge is 0.263 e. The maximum absolute atomic E-state index is 11.9. The van der Waals surface area contributed by atoms with E-state index in [1.807, 2.05) is 13.8 Å². The molecule has 100 valence electrons. The Morgan fingerprint density at radius 2 is 1.95 bits per heavy atom. The third kappa shape index (κ3) is 2.11. The Morgan fingerprint density at radius 1 is 1.20 bits per heavy atom. The van der Waals surface area contributed by atoms with Crippen LogP contribution in [-0.2, 0) is 0 Å². The molecule has 0 aromatic carbocycles. The number of aromatic nitrogens is 4. The maximum Gasteiger partial charge on any atom is 0.263 e. The van der Waals surface area contributed by atoms with Crippen molar-refractivity contribution in [3.8, 4) is 22.8 Å². The summed E-state index contributed by atoms with van der Waals surface area (Å²) in [6.07, 6.45) is 3.29. The van der Waals surface area contributed by atoms with Crippen LogP contribution in [0.15, 0.2) is 39.9 Å². The number of nitrogens with one attached hydrogen (secondary N) is 1. The molecule has 0 saturated carbocycles. The highest BCUT2D eigenvalue weighted by Gasteiger charge is 2.14. The predicted molar refractivity (Wildman–Crippen MR) is 73.1 cm³/mol. The third-order valence-electron chi connectivity index (χ3n) is 3.09. The second-order valence-electron chi connectivity index (χ2n) is 4.48. The summed E-state index contributed by atoms with van der Waals surface area (Å²) in [5.74, 6) is 0.640. The van der Waals surface area contributed by atoms with Crippen LogP contribution in [0.3, 0.4) is 0 Å². The zero-order chi connectivity index (χ0) is 14.1. The Kier molecular flexibility index (Phi) is 2.90. The van der Waals surface area contributed by atoms with Gasteiger partial charge < -0.3 is 9.51 Å². The van der Waals surface area contributed by atoms with E-state index in [4.69, 9.17) is 4.52 Å². The van der Waals surface area contributed by atoms with E-state index < -0.39 is 0 Å². The lowest BCUT2D eigenvalue weighted by molar-refractivity contribution is 0.432. The molecule has 3 rings (SSSR count). The van der Waals surface area contributed by atoms with Crippen LogP contribution >= 0.6 is 0 Å². The van der Waals surface area contributed by atoms with E-state index >= 15 is 0 Å². The van der Waals surface area contributed by atoms with Gasteiger partial charge in [-0.25, -0.2) is 0 Å². The number of H-pyrrole nitrogens is 1. The van der Waals surface area contributed by atoms with Crippen molar-refractivity contribution in [1.29, 1.82) is 0 Å². The molecule has 6 heteroatoms. The second-order valence-corrected chi connectivity index (χ2v) is 4.48. The van der Waals surface area contributed by atoms with Gasteiger partial charge in [0, 0.05) is 23.7 Å². The summed E-state index contributed by atoms with van der Waals surface area (Å²) in [7, 11) is 0. The van der Waals surface area contributed by atoms with Crippen molar-refractivity contribution in [2.45, 2.75) is 13.8 Å². The van der Waals surface area contributed by atoms with E-state index in [9.17, 15) is 4.79 Å². The quantitative estimate of drug-likeness (QED) is 0.769. The number of aromatic amines is 1. The van der Waals surface area contributed by atoms with Crippen molar-refractivity contribution >= 4 is 0 Å². The minimum atomic E-state index is -0.238. The Bertz CT molecular complexity index is 806. The number of nitrogens with zero attached hydrogens (tertiary/aromatic N) is 3. The minimum absolute atomic E-state index is 0.209. The van der Waals surface area contributed by atoms with Crippen LogP contribution in [0.4, 0.5) is 0 Å². The predicted octanol–water partition coefficient (Wildman–Crippen LogP) is 2.10. The molecule has 6 nitrogen and oxygen atoms in total. The van der Waals surface area contributed by atoms with Crippen molar-refractivity contribution in [3.05, 3.63) is 52.2 Å². The lowest BCUT2D eigenvalue weighted by Crippen LogP contribution is -2.11. The summed E-state index contributed by atoms with van der Waals surface area (Å²) < 4.78 is 5.18. The minimum Gasteiger partial charge on any atom is -0.333 e. The Hall–Kier alpha value is -2.76. The van der Waals surface area contributed by atoms with Gasteiger partial charge >= 0.3 is 0 Å². The van der Waals surface area contributed by atoms with E-state index in [0.29, 0.717) is 11.4 Å². The molecule has 3 aromatic rings. The first-order valence-electron chi connectivity index (χ1n) is 6.10. The lowest BCUT2D eigenvalue weighted by atomic mass is 10.1. The summed E-state index contributed by atoms with van der Waals surface area (Å²) in [6, 6.07) is 5.30. The van der Waals surface area contributed by atoms with E-state index in [2.05, 4.69) is 20.1 Å². The molecule has 1 N–H and O–H groups in total. The SMILES string of the molecule is Cc1cc(-c2nc(-c3ccncc3)no2)c(=O)[nH]c1C. The van der Waals surface area contributed by atoms with Gasteiger partial charge in [0.25, 0.3) is 11.4 Å². The Balaban J connectivity index is 2.07. The number of hydrogen-bond acceptors (Lipinski definition) is 5. The summed E-state index contributed by atoms with van der Waals surface area (Å²) in [6.45, 7) is 3.76. The average Bonchev–Trinajstić information content (AvgIpc) is 2.93. The molecule has 3 aromatic heterocycles. The fraction of sp³-hybridized carbons (Fsp3) is 0.143. The number of aryl methyl sites for hydroxylation is 2. The molecule has 0 aliphatic rings. The van der Waals surface area contributed by atoms with Gasteiger partial charge in [0.05, 0.1) is 0 Å². The molecule has 0 saturated heterocycles. The average molecular weight is 268 g/mol. The van der Waals surface area contributed by atoms with E-state index in [1.54, 1.807) is 30.6 Å². The van der Waals surface area contributed by atoms with E-state index in [1.165, 1.54) is 0 Å². The van der Waals surface area contributed by atoms with Crippen LogP contribution in [0.2, 0.25) is 0 Å². The fourth-order valence-corrected chi connectivity index (χ4v) is 1.84. The summed E-state index contributed by atoms with van der Waals surface area (Å²) in [5.41, 5.74) is 2.71. The van der Waals surface area contributed by atoms with Gasteiger partial charge in [0.1, 0.15) is 5.56 Å². The molecular weight excluding hydrogens is 256 g/mol. The topological polar surface area (TPSA) is 84.7 Å². The maximum atomic E-state index is 11.9. The largest absolute Gasteiger partial charge is 0.333 e. The number of hydrogen-bond donors (Lipinski definition) is 1. The molecule has 0 fully saturated rings. The first kappa shape index (κ1) is 12.3. The van der Waals surface area contributed by atoms with Crippen molar-refractivity contribution < 1.29 is 4.52 Å². The van der Waals surface area contributed by atoms with Crippen molar-refractivity contribution in [2.75, 3.05) is 0 Å². The molecule has 0 unspecified atom stereocenters. The van der Waals surface area contributed by atoms with Gasteiger partial charge in [-0.05, 0) is 37.6 Å². The molecule has 0 radical (unpaired) electrons. The lowest BCUT2D eigenvalue weighted by Gasteiger charge is -2.00. The highest BCUT2D eigenvalue weighted by Crippen LogP contribution is 2.20. The van der Waals surface area contributed by atoms with Crippen LogP contribution in [0.1, 0.15) is 11.3 Å². The van der Waals surface area contributed by atoms with Gasteiger partial charge in [-0.3, -0.25) is 9.78 Å². The monoisotopic (exact) mass is 268 g/mol. The van der Waals surface area contributed by atoms with Crippen LogP contribution in [0.5, 0.6) is 0 Å². The Labute approximate surface area is 114 Å². The van der Waals surface area contributed by atoms with Crippen LogP contribution < -0.4 is 5.56 Å². The van der Waals surface area contributed by atoms with Gasteiger partial charge in [0.15, 0.2) is 0 Å². The van der Waals surface area contributed by atoms with Gasteiger partial charge in [-0.2, -0.15) is 4.98 Å².